The van der Waals surface area contributed by atoms with Crippen molar-refractivity contribution >= 4 is 23.9 Å². The molecule has 3 N–H and O–H groups in total. The second-order valence-corrected chi connectivity index (χ2v) is 16.5. The summed E-state index contributed by atoms with van der Waals surface area (Å²) in [6, 6.07) is 0. The van der Waals surface area contributed by atoms with Crippen molar-refractivity contribution in [3.8, 4) is 0 Å². The summed E-state index contributed by atoms with van der Waals surface area (Å²) in [5.41, 5.74) is 0. The van der Waals surface area contributed by atoms with Gasteiger partial charge in [0.1, 0.15) is 25.4 Å². The Hall–Kier alpha value is -3.56. The van der Waals surface area contributed by atoms with Gasteiger partial charge < -0.3 is 53.2 Å². The number of cyclic esters (lactones) is 2. The van der Waals surface area contributed by atoms with Crippen molar-refractivity contribution in [3.05, 3.63) is 23.0 Å². The molecule has 0 fully saturated rings. The Morgan fingerprint density at radius 2 is 0.857 bits per heavy atom. The highest BCUT2D eigenvalue weighted by Crippen LogP contribution is 2.27. The van der Waals surface area contributed by atoms with Crippen LogP contribution in [-0.2, 0) is 57.1 Å². The molecule has 0 aliphatic carbocycles. The molecule has 0 amide bonds. The summed E-state index contributed by atoms with van der Waals surface area (Å²) in [7, 11) is 3.95. The lowest BCUT2D eigenvalue weighted by Crippen LogP contribution is -2.34. The van der Waals surface area contributed by atoms with Crippen LogP contribution in [0.4, 0.5) is 0 Å². The van der Waals surface area contributed by atoms with Gasteiger partial charge >= 0.3 is 23.9 Å². The zero-order valence-electron chi connectivity index (χ0n) is 39.5. The van der Waals surface area contributed by atoms with E-state index in [9.17, 15) is 34.5 Å². The van der Waals surface area contributed by atoms with Crippen LogP contribution in [0.5, 0.6) is 0 Å². The lowest BCUT2D eigenvalue weighted by atomic mass is 10.0. The molecule has 4 atom stereocenters. The number of unbranched alkanes of at least 4 members (excludes halogenated alkanes) is 24. The van der Waals surface area contributed by atoms with Crippen molar-refractivity contribution in [1.29, 1.82) is 0 Å². The quantitative estimate of drug-likeness (QED) is 0.0228. The monoisotopic (exact) mass is 901 g/mol. The van der Waals surface area contributed by atoms with Gasteiger partial charge in [-0.05, 0) is 12.8 Å². The summed E-state index contributed by atoms with van der Waals surface area (Å²) >= 11 is 0. The molecule has 0 aromatic rings. The third-order valence-corrected chi connectivity index (χ3v) is 11.1. The molecule has 366 valence electrons. The van der Waals surface area contributed by atoms with Gasteiger partial charge in [0.15, 0.2) is 30.5 Å². The Kier molecular flexibility index (Phi) is 34.5. The van der Waals surface area contributed by atoms with Gasteiger partial charge in [0.05, 0.1) is 14.2 Å². The third-order valence-electron chi connectivity index (χ3n) is 11.1. The van der Waals surface area contributed by atoms with Gasteiger partial charge in [-0.3, -0.25) is 9.59 Å². The number of rotatable bonds is 39. The van der Waals surface area contributed by atoms with E-state index >= 15 is 0 Å². The second kappa shape index (κ2) is 37.8. The van der Waals surface area contributed by atoms with Crippen LogP contribution < -0.4 is 0 Å². The molecule has 2 unspecified atom stereocenters. The van der Waals surface area contributed by atoms with E-state index < -0.39 is 48.1 Å². The molecule has 0 spiro atoms. The number of esters is 4. The van der Waals surface area contributed by atoms with Crippen LogP contribution in [0.3, 0.4) is 0 Å². The lowest BCUT2D eigenvalue weighted by Gasteiger charge is -2.19. The van der Waals surface area contributed by atoms with E-state index in [-0.39, 0.29) is 43.3 Å². The zero-order chi connectivity index (χ0) is 46.5. The zero-order valence-corrected chi connectivity index (χ0v) is 39.5. The first-order valence-corrected chi connectivity index (χ1v) is 24.0. The third kappa shape index (κ3) is 26.1. The van der Waals surface area contributed by atoms with Gasteiger partial charge in [-0.2, -0.15) is 0 Å². The Bertz CT molecular complexity index is 1300. The molecule has 15 heteroatoms. The van der Waals surface area contributed by atoms with Crippen LogP contribution in [0, 0.1) is 0 Å². The van der Waals surface area contributed by atoms with Crippen LogP contribution >= 0.6 is 0 Å². The first kappa shape index (κ1) is 57.5. The van der Waals surface area contributed by atoms with Crippen LogP contribution in [0.25, 0.3) is 0 Å². The number of hydrogen-bond acceptors (Lipinski definition) is 15. The Labute approximate surface area is 377 Å². The molecule has 2 rings (SSSR count). The van der Waals surface area contributed by atoms with Gasteiger partial charge in [0.25, 0.3) is 0 Å². The summed E-state index contributed by atoms with van der Waals surface area (Å²) in [5, 5.41) is 30.1. The van der Waals surface area contributed by atoms with E-state index in [1.807, 2.05) is 0 Å². The summed E-state index contributed by atoms with van der Waals surface area (Å²) in [4.78, 5) is 47.0. The maximum Gasteiger partial charge on any atom is 0.378 e. The number of carbonyl (C=O) groups is 4. The summed E-state index contributed by atoms with van der Waals surface area (Å²) in [6.07, 6.45) is 27.8. The molecule has 0 bridgehead atoms. The lowest BCUT2D eigenvalue weighted by molar-refractivity contribution is -0.156. The number of hydrogen-bond donors (Lipinski definition) is 3. The predicted molar refractivity (Wildman–Crippen MR) is 238 cm³/mol. The first-order valence-electron chi connectivity index (χ1n) is 24.0. The van der Waals surface area contributed by atoms with Crippen molar-refractivity contribution in [2.75, 3.05) is 41.3 Å². The molecule has 15 nitrogen and oxygen atoms in total. The number of aliphatic hydroxyl groups excluding tert-OH is 3. The SMILES string of the molecule is CCCCCCCCCCCCCCCC(=O)OC[C@H](O)C1OC(=O)C(OC)=C1O.CCCCCCCCCCCCCCCC(=O)OC[C@H](O)C1OC(=O)C(OC)=C1OCOC. The molecule has 0 saturated heterocycles. The fraction of sp³-hybridized carbons (Fsp3) is 0.833. The summed E-state index contributed by atoms with van der Waals surface area (Å²) < 4.78 is 39.9. The van der Waals surface area contributed by atoms with Crippen molar-refractivity contribution in [2.24, 2.45) is 0 Å². The van der Waals surface area contributed by atoms with Gasteiger partial charge in [-0.15, -0.1) is 0 Å². The fourth-order valence-corrected chi connectivity index (χ4v) is 7.32. The number of aliphatic hydroxyl groups is 3. The van der Waals surface area contributed by atoms with E-state index in [2.05, 4.69) is 13.8 Å². The highest BCUT2D eigenvalue weighted by molar-refractivity contribution is 5.90. The Balaban J connectivity index is 0.000000633. The maximum absolute atomic E-state index is 12.0. The van der Waals surface area contributed by atoms with E-state index in [4.69, 9.17) is 37.9 Å². The topological polar surface area (TPSA) is 203 Å². The minimum absolute atomic E-state index is 0.0318. The van der Waals surface area contributed by atoms with Gasteiger partial charge in [0, 0.05) is 20.0 Å². The average Bonchev–Trinajstić information content (AvgIpc) is 3.76. The van der Waals surface area contributed by atoms with Gasteiger partial charge in [0.2, 0.25) is 11.5 Å². The van der Waals surface area contributed by atoms with Crippen LogP contribution in [0.15, 0.2) is 23.0 Å². The summed E-state index contributed by atoms with van der Waals surface area (Å²) in [6.45, 7) is 3.70. The first-order chi connectivity index (χ1) is 30.6. The van der Waals surface area contributed by atoms with Crippen molar-refractivity contribution in [1.82, 2.24) is 0 Å². The molecule has 0 radical (unpaired) electrons. The number of ether oxygens (including phenoxy) is 8. The standard InChI is InChI=1S/C25H44O8.C23H40O7/c1-4-5-6-7-8-9-10-11-12-13-14-15-16-17-21(27)31-18-20(26)22-23(32-19-29-2)24(30-3)25(28)33-22;1-3-4-5-6-7-8-9-10-11-12-13-14-15-16-19(25)29-17-18(24)21-20(26)22(28-2)23(27)30-21/h20,22,26H,4-19H2,1-3H3;18,21,24,26H,3-17H2,1-2H3/t20-,22?;18-,21?/m00/s1. The van der Waals surface area contributed by atoms with Crippen LogP contribution in [-0.4, -0.2) is 105 Å². The number of methoxy groups -OCH3 is 3. The minimum atomic E-state index is -1.34. The maximum atomic E-state index is 12.0. The highest BCUT2D eigenvalue weighted by Gasteiger charge is 2.42. The molecule has 63 heavy (non-hydrogen) atoms. The van der Waals surface area contributed by atoms with Crippen LogP contribution in [0.2, 0.25) is 0 Å². The van der Waals surface area contributed by atoms with E-state index in [0.29, 0.717) is 12.8 Å². The Morgan fingerprint density at radius 3 is 1.21 bits per heavy atom. The normalized spacial score (nSPS) is 16.9. The van der Waals surface area contributed by atoms with E-state index in [1.54, 1.807) is 0 Å². The molecule has 2 aliphatic rings. The number of carbonyl (C=O) groups excluding carboxylic acids is 4. The van der Waals surface area contributed by atoms with Gasteiger partial charge in [-0.1, -0.05) is 168 Å². The average molecular weight is 901 g/mol. The van der Waals surface area contributed by atoms with Crippen molar-refractivity contribution < 1.29 is 72.4 Å². The van der Waals surface area contributed by atoms with E-state index in [1.165, 1.54) is 150 Å². The molecule has 0 aromatic carbocycles. The smallest absolute Gasteiger partial charge is 0.378 e. The molecular weight excluding hydrogens is 817 g/mol. The van der Waals surface area contributed by atoms with Crippen molar-refractivity contribution in [2.45, 2.75) is 218 Å². The second-order valence-electron chi connectivity index (χ2n) is 16.5. The van der Waals surface area contributed by atoms with Crippen LogP contribution in [0.1, 0.15) is 194 Å². The highest BCUT2D eigenvalue weighted by atomic mass is 16.7. The largest absolute Gasteiger partial charge is 0.505 e. The summed E-state index contributed by atoms with van der Waals surface area (Å²) in [5.74, 6) is -3.30. The predicted octanol–water partition coefficient (Wildman–Crippen LogP) is 9.49. The molecule has 0 aromatic heterocycles. The van der Waals surface area contributed by atoms with Crippen molar-refractivity contribution in [3.63, 3.8) is 0 Å². The Morgan fingerprint density at radius 1 is 0.524 bits per heavy atom. The molecule has 2 aliphatic heterocycles. The fourth-order valence-electron chi connectivity index (χ4n) is 7.32. The molecule has 0 saturated carbocycles. The van der Waals surface area contributed by atoms with E-state index in [0.717, 1.165) is 38.5 Å². The van der Waals surface area contributed by atoms with Gasteiger partial charge in [-0.25, -0.2) is 9.59 Å². The molecule has 2 heterocycles. The molecular formula is C48H84O15. The minimum Gasteiger partial charge on any atom is -0.505 e.